The lowest BCUT2D eigenvalue weighted by molar-refractivity contribution is -0.137. The van der Waals surface area contributed by atoms with Gasteiger partial charge in [-0.2, -0.15) is 18.2 Å². The van der Waals surface area contributed by atoms with Crippen LogP contribution >= 0.6 is 39.0 Å². The molecule has 0 spiro atoms. The van der Waals surface area contributed by atoms with Crippen LogP contribution in [0.3, 0.4) is 0 Å². The molecule has 0 saturated heterocycles. The second-order valence-corrected chi connectivity index (χ2v) is 6.23. The lowest BCUT2D eigenvalue weighted by Gasteiger charge is -2.09. The number of hydrogen-bond acceptors (Lipinski definition) is 4. The minimum absolute atomic E-state index is 0.0144. The summed E-state index contributed by atoms with van der Waals surface area (Å²) in [5.41, 5.74) is -1.50. The molecule has 0 saturated carbocycles. The molecule has 0 fully saturated rings. The number of aromatic nitrogens is 1. The highest BCUT2D eigenvalue weighted by molar-refractivity contribution is 9.10. The number of benzene rings is 1. The van der Waals surface area contributed by atoms with Gasteiger partial charge in [-0.1, -0.05) is 11.8 Å². The van der Waals surface area contributed by atoms with E-state index < -0.39 is 17.3 Å². The summed E-state index contributed by atoms with van der Waals surface area (Å²) in [5, 5.41) is -0.0144. The highest BCUT2D eigenvalue weighted by Gasteiger charge is 2.31. The lowest BCUT2D eigenvalue weighted by atomic mass is 10.2. The summed E-state index contributed by atoms with van der Waals surface area (Å²) in [6.45, 7) is 0. The number of alkyl halides is 3. The summed E-state index contributed by atoms with van der Waals surface area (Å²) in [6, 6.07) is 1.82. The molecule has 2 nitrogen and oxygen atoms in total. The van der Waals surface area contributed by atoms with Crippen LogP contribution in [-0.2, 0) is 6.18 Å². The first-order chi connectivity index (χ1) is 8.32. The van der Waals surface area contributed by atoms with Gasteiger partial charge in [0, 0.05) is 4.47 Å². The van der Waals surface area contributed by atoms with Gasteiger partial charge in [0.25, 0.3) is 5.56 Å². The van der Waals surface area contributed by atoms with E-state index in [-0.39, 0.29) is 9.86 Å². The monoisotopic (exact) mass is 355 g/mol. The van der Waals surface area contributed by atoms with E-state index in [2.05, 4.69) is 20.9 Å². The third-order valence-electron chi connectivity index (χ3n) is 2.16. The van der Waals surface area contributed by atoms with Crippen molar-refractivity contribution in [1.82, 2.24) is 4.98 Å². The summed E-state index contributed by atoms with van der Waals surface area (Å²) in [5.74, 6) is 0. The van der Waals surface area contributed by atoms with E-state index in [0.717, 1.165) is 12.1 Å². The Kier molecular flexibility index (Phi) is 3.70. The Morgan fingerprint density at radius 1 is 1.39 bits per heavy atom. The molecule has 1 aromatic heterocycles. The Balaban J connectivity index is 2.82. The fourth-order valence-electron chi connectivity index (χ4n) is 1.36. The zero-order chi connectivity index (χ0) is 13.5. The zero-order valence-electron chi connectivity index (χ0n) is 8.84. The standard InChI is InChI=1S/C10H5BrF3NOS2/c1-17-9-15-8(16)5-2-4(10(12,13)14)3-6(11)7(5)18-9/h2-3H,1H3. The van der Waals surface area contributed by atoms with Crippen molar-refractivity contribution in [2.24, 2.45) is 0 Å². The number of nitrogens with zero attached hydrogens (tertiary/aromatic N) is 1. The van der Waals surface area contributed by atoms with Crippen LogP contribution in [-0.4, -0.2) is 11.2 Å². The van der Waals surface area contributed by atoms with Crippen LogP contribution in [0.2, 0.25) is 0 Å². The highest BCUT2D eigenvalue weighted by atomic mass is 79.9. The zero-order valence-corrected chi connectivity index (χ0v) is 12.1. The number of rotatable bonds is 1. The molecule has 1 heterocycles. The van der Waals surface area contributed by atoms with E-state index in [1.807, 2.05) is 0 Å². The van der Waals surface area contributed by atoms with Crippen molar-refractivity contribution in [2.75, 3.05) is 6.26 Å². The van der Waals surface area contributed by atoms with Gasteiger partial charge in [-0.15, -0.1) is 11.3 Å². The lowest BCUT2D eigenvalue weighted by Crippen LogP contribution is -2.10. The minimum atomic E-state index is -4.48. The molecule has 0 aliphatic carbocycles. The Morgan fingerprint density at radius 2 is 2.06 bits per heavy atom. The van der Waals surface area contributed by atoms with Crippen molar-refractivity contribution in [3.05, 3.63) is 32.5 Å². The Labute approximate surface area is 116 Å². The van der Waals surface area contributed by atoms with Crippen LogP contribution in [0.25, 0.3) is 10.1 Å². The summed E-state index contributed by atoms with van der Waals surface area (Å²) in [7, 11) is 0. The second-order valence-electron chi connectivity index (χ2n) is 3.32. The van der Waals surface area contributed by atoms with Crippen molar-refractivity contribution in [2.45, 2.75) is 10.5 Å². The quantitative estimate of drug-likeness (QED) is 0.719. The molecule has 2 rings (SSSR count). The summed E-state index contributed by atoms with van der Waals surface area (Å²) in [4.78, 5) is 15.4. The van der Waals surface area contributed by atoms with Gasteiger partial charge in [0.1, 0.15) is 0 Å². The predicted molar refractivity (Wildman–Crippen MR) is 70.4 cm³/mol. The van der Waals surface area contributed by atoms with E-state index in [0.29, 0.717) is 9.04 Å². The SMILES string of the molecule is CSc1nc(=O)c2cc(C(F)(F)F)cc(Br)c2s1. The van der Waals surface area contributed by atoms with Gasteiger partial charge >= 0.3 is 6.18 Å². The molecule has 0 atom stereocenters. The van der Waals surface area contributed by atoms with Crippen LogP contribution in [0.1, 0.15) is 5.56 Å². The van der Waals surface area contributed by atoms with Crippen molar-refractivity contribution in [3.8, 4) is 0 Å². The summed E-state index contributed by atoms with van der Waals surface area (Å²) >= 11 is 5.54. The molecular weight excluding hydrogens is 351 g/mol. The average Bonchev–Trinajstić information content (AvgIpc) is 2.28. The van der Waals surface area contributed by atoms with Crippen molar-refractivity contribution in [3.63, 3.8) is 0 Å². The average molecular weight is 356 g/mol. The Bertz CT molecular complexity index is 668. The molecule has 0 radical (unpaired) electrons. The molecular formula is C10H5BrF3NOS2. The van der Waals surface area contributed by atoms with Gasteiger partial charge in [-0.25, -0.2) is 0 Å². The molecule has 0 aliphatic rings. The minimum Gasteiger partial charge on any atom is -0.267 e. The summed E-state index contributed by atoms with van der Waals surface area (Å²) in [6.07, 6.45) is -2.73. The Morgan fingerprint density at radius 3 is 2.61 bits per heavy atom. The van der Waals surface area contributed by atoms with E-state index in [1.165, 1.54) is 23.1 Å². The third kappa shape index (κ3) is 2.55. The molecule has 0 unspecified atom stereocenters. The Hall–Kier alpha value is -0.600. The maximum atomic E-state index is 12.6. The molecule has 1 aromatic carbocycles. The molecule has 0 bridgehead atoms. The number of fused-ring (bicyclic) bond motifs is 1. The molecule has 8 heteroatoms. The summed E-state index contributed by atoms with van der Waals surface area (Å²) < 4.78 is 39.1. The van der Waals surface area contributed by atoms with Crippen LogP contribution in [0, 0.1) is 0 Å². The molecule has 0 aliphatic heterocycles. The van der Waals surface area contributed by atoms with Crippen LogP contribution in [0.5, 0.6) is 0 Å². The van der Waals surface area contributed by atoms with Crippen molar-refractivity contribution < 1.29 is 13.2 Å². The van der Waals surface area contributed by atoms with Crippen LogP contribution in [0.15, 0.2) is 25.7 Å². The number of halogens is 4. The van der Waals surface area contributed by atoms with Gasteiger partial charge in [-0.05, 0) is 34.3 Å². The maximum Gasteiger partial charge on any atom is 0.416 e. The van der Waals surface area contributed by atoms with Gasteiger partial charge < -0.3 is 0 Å². The van der Waals surface area contributed by atoms with Gasteiger partial charge in [-0.3, -0.25) is 4.79 Å². The van der Waals surface area contributed by atoms with Gasteiger partial charge in [0.15, 0.2) is 4.34 Å². The third-order valence-corrected chi connectivity index (χ3v) is 5.15. The van der Waals surface area contributed by atoms with Crippen molar-refractivity contribution >= 4 is 49.1 Å². The fraction of sp³-hybridized carbons (Fsp3) is 0.200. The van der Waals surface area contributed by atoms with Gasteiger partial charge in [0.2, 0.25) is 0 Å². The highest BCUT2D eigenvalue weighted by Crippen LogP contribution is 2.36. The van der Waals surface area contributed by atoms with Crippen LogP contribution < -0.4 is 5.56 Å². The molecule has 18 heavy (non-hydrogen) atoms. The molecule has 96 valence electrons. The first-order valence-electron chi connectivity index (χ1n) is 4.58. The van der Waals surface area contributed by atoms with Crippen LogP contribution in [0.4, 0.5) is 13.2 Å². The molecule has 0 amide bonds. The van der Waals surface area contributed by atoms with E-state index >= 15 is 0 Å². The van der Waals surface area contributed by atoms with Gasteiger partial charge in [0.05, 0.1) is 15.6 Å². The second kappa shape index (κ2) is 4.82. The largest absolute Gasteiger partial charge is 0.416 e. The first-order valence-corrected chi connectivity index (χ1v) is 7.42. The normalized spacial score (nSPS) is 12.1. The maximum absolute atomic E-state index is 12.6. The van der Waals surface area contributed by atoms with Crippen molar-refractivity contribution in [1.29, 1.82) is 0 Å². The number of hydrogen-bond donors (Lipinski definition) is 0. The van der Waals surface area contributed by atoms with E-state index in [9.17, 15) is 18.0 Å². The fourth-order valence-corrected chi connectivity index (χ4v) is 3.54. The molecule has 0 N–H and O–H groups in total. The van der Waals surface area contributed by atoms with E-state index in [4.69, 9.17) is 0 Å². The smallest absolute Gasteiger partial charge is 0.267 e. The number of thioether (sulfide) groups is 1. The van der Waals surface area contributed by atoms with E-state index in [1.54, 1.807) is 6.26 Å². The first kappa shape index (κ1) is 13.8. The topological polar surface area (TPSA) is 30.0 Å². The predicted octanol–water partition coefficient (Wildman–Crippen LogP) is 4.16. The molecule has 2 aromatic rings.